The molecule has 0 saturated heterocycles. The fourth-order valence-electron chi connectivity index (χ4n) is 5.21. The number of hydrogen-bond acceptors (Lipinski definition) is 3. The van der Waals surface area contributed by atoms with E-state index in [1.165, 1.54) is 38.5 Å². The molecule has 0 amide bonds. The average molecular weight is 264 g/mol. The molecule has 0 radical (unpaired) electrons. The molecule has 0 aromatic carbocycles. The van der Waals surface area contributed by atoms with Crippen LogP contribution in [0.1, 0.15) is 51.4 Å². The summed E-state index contributed by atoms with van der Waals surface area (Å²) >= 11 is 0. The molecular weight excluding hydrogens is 244 g/mol. The van der Waals surface area contributed by atoms with Crippen LogP contribution in [0.5, 0.6) is 0 Å². The van der Waals surface area contributed by atoms with Gasteiger partial charge in [-0.3, -0.25) is 9.59 Å². The summed E-state index contributed by atoms with van der Waals surface area (Å²) in [4.78, 5) is 33.2. The second-order valence-electron chi connectivity index (χ2n) is 6.98. The van der Waals surface area contributed by atoms with Crippen molar-refractivity contribution in [3.8, 4) is 0 Å². The standard InChI is InChI=1S/C15H20O4/c16-12(13(17)14(18)19)1-2-15-6-9-3-10(7-15)5-11(4-9)8-15/h9-11H,1-8H2,(H,18,19). The summed E-state index contributed by atoms with van der Waals surface area (Å²) in [6.45, 7) is 0. The molecule has 104 valence electrons. The number of aliphatic carboxylic acids is 1. The number of Topliss-reactive ketones (excluding diaryl/α,β-unsaturated/α-hetero) is 2. The van der Waals surface area contributed by atoms with Gasteiger partial charge in [0.25, 0.3) is 0 Å². The van der Waals surface area contributed by atoms with E-state index in [0.717, 1.165) is 17.8 Å². The van der Waals surface area contributed by atoms with Crippen LogP contribution in [0, 0.1) is 23.2 Å². The van der Waals surface area contributed by atoms with Crippen molar-refractivity contribution in [2.75, 3.05) is 0 Å². The van der Waals surface area contributed by atoms with Crippen LogP contribution in [0.3, 0.4) is 0 Å². The van der Waals surface area contributed by atoms with Crippen LogP contribution in [0.15, 0.2) is 0 Å². The van der Waals surface area contributed by atoms with Crippen LogP contribution < -0.4 is 0 Å². The first kappa shape index (κ1) is 12.8. The smallest absolute Gasteiger partial charge is 0.380 e. The highest BCUT2D eigenvalue weighted by atomic mass is 16.4. The van der Waals surface area contributed by atoms with Crippen LogP contribution in [-0.2, 0) is 14.4 Å². The van der Waals surface area contributed by atoms with E-state index in [2.05, 4.69) is 0 Å². The van der Waals surface area contributed by atoms with Gasteiger partial charge in [-0.25, -0.2) is 4.79 Å². The second-order valence-corrected chi connectivity index (χ2v) is 6.98. The van der Waals surface area contributed by atoms with Crippen molar-refractivity contribution in [2.45, 2.75) is 51.4 Å². The number of carbonyl (C=O) groups excluding carboxylic acids is 2. The summed E-state index contributed by atoms with van der Waals surface area (Å²) < 4.78 is 0. The predicted octanol–water partition coefficient (Wildman–Crippen LogP) is 2.21. The number of ketones is 2. The zero-order valence-electron chi connectivity index (χ0n) is 11.1. The fourth-order valence-corrected chi connectivity index (χ4v) is 5.21. The van der Waals surface area contributed by atoms with Gasteiger partial charge in [0.05, 0.1) is 0 Å². The first-order valence-corrected chi connectivity index (χ1v) is 7.28. The van der Waals surface area contributed by atoms with E-state index >= 15 is 0 Å². The molecule has 4 aliphatic carbocycles. The maximum Gasteiger partial charge on any atom is 0.380 e. The van der Waals surface area contributed by atoms with E-state index in [-0.39, 0.29) is 11.8 Å². The number of carbonyl (C=O) groups is 3. The Balaban J connectivity index is 1.62. The van der Waals surface area contributed by atoms with Crippen LogP contribution in [0.25, 0.3) is 0 Å². The molecule has 0 unspecified atom stereocenters. The van der Waals surface area contributed by atoms with Crippen molar-refractivity contribution < 1.29 is 19.5 Å². The van der Waals surface area contributed by atoms with E-state index < -0.39 is 17.5 Å². The summed E-state index contributed by atoms with van der Waals surface area (Å²) in [5.74, 6) is -1.13. The summed E-state index contributed by atoms with van der Waals surface area (Å²) in [5, 5.41) is 8.54. The summed E-state index contributed by atoms with van der Waals surface area (Å²) in [7, 11) is 0. The molecular formula is C15H20O4. The molecule has 4 nitrogen and oxygen atoms in total. The number of rotatable bonds is 5. The summed E-state index contributed by atoms with van der Waals surface area (Å²) in [6, 6.07) is 0. The third-order valence-corrected chi connectivity index (χ3v) is 5.49. The van der Waals surface area contributed by atoms with E-state index in [1.807, 2.05) is 0 Å². The Morgan fingerprint density at radius 3 is 1.84 bits per heavy atom. The average Bonchev–Trinajstić information content (AvgIpc) is 2.33. The Morgan fingerprint density at radius 1 is 0.947 bits per heavy atom. The van der Waals surface area contributed by atoms with Gasteiger partial charge in [0, 0.05) is 6.42 Å². The number of carboxylic acids is 1. The minimum absolute atomic E-state index is 0.122. The van der Waals surface area contributed by atoms with Crippen molar-refractivity contribution in [3.63, 3.8) is 0 Å². The Kier molecular flexibility index (Phi) is 2.99. The van der Waals surface area contributed by atoms with E-state index in [9.17, 15) is 14.4 Å². The van der Waals surface area contributed by atoms with Gasteiger partial charge in [-0.05, 0) is 68.1 Å². The zero-order valence-corrected chi connectivity index (χ0v) is 11.1. The molecule has 0 aliphatic heterocycles. The fraction of sp³-hybridized carbons (Fsp3) is 0.800. The first-order chi connectivity index (χ1) is 8.97. The van der Waals surface area contributed by atoms with Gasteiger partial charge in [0.1, 0.15) is 0 Å². The molecule has 0 atom stereocenters. The lowest BCUT2D eigenvalue weighted by atomic mass is 9.48. The van der Waals surface area contributed by atoms with Gasteiger partial charge >= 0.3 is 11.8 Å². The highest BCUT2D eigenvalue weighted by molar-refractivity contribution is 6.61. The molecule has 0 spiro atoms. The highest BCUT2D eigenvalue weighted by Crippen LogP contribution is 2.61. The molecule has 4 bridgehead atoms. The minimum atomic E-state index is -1.62. The molecule has 4 fully saturated rings. The molecule has 4 rings (SSSR count). The van der Waals surface area contributed by atoms with Gasteiger partial charge in [-0.15, -0.1) is 0 Å². The van der Waals surface area contributed by atoms with Gasteiger partial charge in [-0.1, -0.05) is 0 Å². The molecule has 1 N–H and O–H groups in total. The highest BCUT2D eigenvalue weighted by Gasteiger charge is 2.50. The van der Waals surface area contributed by atoms with Crippen molar-refractivity contribution in [1.29, 1.82) is 0 Å². The summed E-state index contributed by atoms with van der Waals surface area (Å²) in [5.41, 5.74) is 0.239. The molecule has 0 aromatic rings. The molecule has 0 aromatic heterocycles. The predicted molar refractivity (Wildman–Crippen MR) is 67.5 cm³/mol. The largest absolute Gasteiger partial charge is 0.475 e. The second kappa shape index (κ2) is 4.43. The molecule has 4 aliphatic rings. The maximum absolute atomic E-state index is 11.5. The maximum atomic E-state index is 11.5. The Morgan fingerprint density at radius 2 is 1.42 bits per heavy atom. The summed E-state index contributed by atoms with van der Waals surface area (Å²) in [6.07, 6.45) is 8.45. The Labute approximate surface area is 112 Å². The zero-order chi connectivity index (χ0) is 13.6. The molecule has 0 heterocycles. The monoisotopic (exact) mass is 264 g/mol. The van der Waals surface area contributed by atoms with Gasteiger partial charge in [-0.2, -0.15) is 0 Å². The van der Waals surface area contributed by atoms with Crippen LogP contribution in [0.4, 0.5) is 0 Å². The normalized spacial score (nSPS) is 39.3. The first-order valence-electron chi connectivity index (χ1n) is 7.28. The van der Waals surface area contributed by atoms with Crippen LogP contribution in [-0.4, -0.2) is 22.6 Å². The molecule has 4 heteroatoms. The van der Waals surface area contributed by atoms with Crippen LogP contribution >= 0.6 is 0 Å². The quantitative estimate of drug-likeness (QED) is 0.610. The van der Waals surface area contributed by atoms with Gasteiger partial charge < -0.3 is 5.11 Å². The van der Waals surface area contributed by atoms with Crippen molar-refractivity contribution in [3.05, 3.63) is 0 Å². The Bertz CT molecular complexity index is 402. The molecule has 4 saturated carbocycles. The third-order valence-electron chi connectivity index (χ3n) is 5.49. The van der Waals surface area contributed by atoms with Gasteiger partial charge in [0.2, 0.25) is 5.78 Å². The SMILES string of the molecule is O=C(O)C(=O)C(=O)CCC12CC3CC(CC(C3)C1)C2. The van der Waals surface area contributed by atoms with Crippen molar-refractivity contribution in [2.24, 2.45) is 23.2 Å². The van der Waals surface area contributed by atoms with Crippen molar-refractivity contribution in [1.82, 2.24) is 0 Å². The lowest BCUT2D eigenvalue weighted by Gasteiger charge is -2.57. The van der Waals surface area contributed by atoms with Crippen molar-refractivity contribution >= 4 is 17.5 Å². The number of carboxylic acid groups (broad SMARTS) is 1. The van der Waals surface area contributed by atoms with Crippen LogP contribution in [0.2, 0.25) is 0 Å². The number of hydrogen-bond donors (Lipinski definition) is 1. The third kappa shape index (κ3) is 2.33. The Hall–Kier alpha value is -1.19. The van der Waals surface area contributed by atoms with E-state index in [1.54, 1.807) is 0 Å². The lowest BCUT2D eigenvalue weighted by molar-refractivity contribution is -0.153. The van der Waals surface area contributed by atoms with E-state index in [4.69, 9.17) is 5.11 Å². The lowest BCUT2D eigenvalue weighted by Crippen LogP contribution is -2.46. The molecule has 19 heavy (non-hydrogen) atoms. The minimum Gasteiger partial charge on any atom is -0.475 e. The topological polar surface area (TPSA) is 71.4 Å². The van der Waals surface area contributed by atoms with E-state index in [0.29, 0.717) is 6.42 Å². The van der Waals surface area contributed by atoms with Gasteiger partial charge in [0.15, 0.2) is 0 Å².